The highest BCUT2D eigenvalue weighted by Gasteiger charge is 2.24. The van der Waals surface area contributed by atoms with Gasteiger partial charge in [0.15, 0.2) is 0 Å². The molecule has 0 unspecified atom stereocenters. The summed E-state index contributed by atoms with van der Waals surface area (Å²) in [4.78, 5) is 24.3. The van der Waals surface area contributed by atoms with Crippen LogP contribution in [0.5, 0.6) is 11.5 Å². The highest BCUT2D eigenvalue weighted by atomic mass is 32.2. The Morgan fingerprint density at radius 1 is 1.21 bits per heavy atom. The lowest BCUT2D eigenvalue weighted by molar-refractivity contribution is -0.137. The average molecular weight is 284 g/mol. The van der Waals surface area contributed by atoms with Crippen molar-refractivity contribution in [2.45, 2.75) is 11.8 Å². The van der Waals surface area contributed by atoms with E-state index in [-0.39, 0.29) is 12.2 Å². The van der Waals surface area contributed by atoms with Crippen LogP contribution in [0.3, 0.4) is 0 Å². The van der Waals surface area contributed by atoms with Crippen LogP contribution in [-0.4, -0.2) is 38.8 Å². The third-order valence-corrected chi connectivity index (χ3v) is 3.14. The van der Waals surface area contributed by atoms with Gasteiger partial charge in [-0.1, -0.05) is 0 Å². The molecule has 0 saturated carbocycles. The molecule has 6 heteroatoms. The van der Waals surface area contributed by atoms with E-state index in [2.05, 4.69) is 0 Å². The second-order valence-electron chi connectivity index (χ2n) is 3.46. The zero-order valence-electron chi connectivity index (χ0n) is 11.3. The first-order valence-electron chi connectivity index (χ1n) is 5.60. The molecule has 0 aliphatic carbocycles. The van der Waals surface area contributed by atoms with Crippen LogP contribution in [-0.2, 0) is 9.53 Å². The molecule has 0 aliphatic rings. The predicted octanol–water partition coefficient (Wildman–Crippen LogP) is 2.17. The molecule has 0 aromatic heterocycles. The van der Waals surface area contributed by atoms with E-state index in [1.807, 2.05) is 6.26 Å². The smallest absolute Gasteiger partial charge is 0.379 e. The number of carbonyl (C=O) groups excluding carboxylic acids is 2. The van der Waals surface area contributed by atoms with Crippen molar-refractivity contribution in [1.82, 2.24) is 0 Å². The molecule has 19 heavy (non-hydrogen) atoms. The van der Waals surface area contributed by atoms with Crippen molar-refractivity contribution in [2.24, 2.45) is 0 Å². The molecule has 5 nitrogen and oxygen atoms in total. The van der Waals surface area contributed by atoms with Gasteiger partial charge >= 0.3 is 5.97 Å². The third-order valence-electron chi connectivity index (χ3n) is 2.39. The third kappa shape index (κ3) is 3.41. The van der Waals surface area contributed by atoms with Crippen molar-refractivity contribution in [3.8, 4) is 11.5 Å². The minimum Gasteiger partial charge on any atom is -0.497 e. The van der Waals surface area contributed by atoms with Crippen molar-refractivity contribution in [1.29, 1.82) is 0 Å². The van der Waals surface area contributed by atoms with Gasteiger partial charge < -0.3 is 14.2 Å². The van der Waals surface area contributed by atoms with Gasteiger partial charge in [-0.2, -0.15) is 0 Å². The van der Waals surface area contributed by atoms with Crippen LogP contribution >= 0.6 is 11.8 Å². The van der Waals surface area contributed by atoms with Crippen LogP contribution in [0.25, 0.3) is 0 Å². The summed E-state index contributed by atoms with van der Waals surface area (Å²) >= 11 is 1.40. The maximum absolute atomic E-state index is 12.0. The van der Waals surface area contributed by atoms with E-state index in [0.29, 0.717) is 11.5 Å². The maximum Gasteiger partial charge on any atom is 0.379 e. The number of Topliss-reactive ketones (excluding diaryl/α,β-unsaturated/α-hetero) is 1. The highest BCUT2D eigenvalue weighted by molar-refractivity contribution is 7.98. The van der Waals surface area contributed by atoms with Crippen molar-refractivity contribution in [3.05, 3.63) is 17.7 Å². The minimum atomic E-state index is -0.902. The summed E-state index contributed by atoms with van der Waals surface area (Å²) in [6.07, 6.45) is 1.84. The van der Waals surface area contributed by atoms with Crippen LogP contribution in [0.1, 0.15) is 17.3 Å². The Balaban J connectivity index is 3.31. The summed E-state index contributed by atoms with van der Waals surface area (Å²) in [6.45, 7) is 1.79. The Morgan fingerprint density at radius 3 is 2.37 bits per heavy atom. The molecular formula is C13H16O5S. The largest absolute Gasteiger partial charge is 0.497 e. The van der Waals surface area contributed by atoms with Crippen molar-refractivity contribution < 1.29 is 23.8 Å². The summed E-state index contributed by atoms with van der Waals surface area (Å²) in [5, 5.41) is 0. The van der Waals surface area contributed by atoms with Gasteiger partial charge in [-0.3, -0.25) is 4.79 Å². The summed E-state index contributed by atoms with van der Waals surface area (Å²) < 4.78 is 15.0. The van der Waals surface area contributed by atoms with Gasteiger partial charge in [-0.25, -0.2) is 4.79 Å². The highest BCUT2D eigenvalue weighted by Crippen LogP contribution is 2.35. The van der Waals surface area contributed by atoms with Gasteiger partial charge in [-0.05, 0) is 25.3 Å². The molecular weight excluding hydrogens is 268 g/mol. The molecule has 0 radical (unpaired) electrons. The molecule has 0 aliphatic heterocycles. The minimum absolute atomic E-state index is 0.143. The number of ether oxygens (including phenoxy) is 3. The molecule has 1 aromatic rings. The molecule has 0 atom stereocenters. The first-order valence-corrected chi connectivity index (χ1v) is 6.82. The maximum atomic E-state index is 12.0. The molecule has 1 rings (SSSR count). The Hall–Kier alpha value is -1.69. The lowest BCUT2D eigenvalue weighted by Crippen LogP contribution is -2.18. The SMILES string of the molecule is CCOC(=O)C(=O)c1cc(OC)cc(SC)c1OC. The van der Waals surface area contributed by atoms with Crippen molar-refractivity contribution in [3.63, 3.8) is 0 Å². The molecule has 0 bridgehead atoms. The van der Waals surface area contributed by atoms with Crippen LogP contribution in [0.2, 0.25) is 0 Å². The fourth-order valence-electron chi connectivity index (χ4n) is 1.53. The van der Waals surface area contributed by atoms with E-state index >= 15 is 0 Å². The molecule has 0 fully saturated rings. The van der Waals surface area contributed by atoms with Crippen molar-refractivity contribution >= 4 is 23.5 Å². The topological polar surface area (TPSA) is 61.8 Å². The van der Waals surface area contributed by atoms with Crippen LogP contribution in [0.15, 0.2) is 17.0 Å². The summed E-state index contributed by atoms with van der Waals surface area (Å²) in [6, 6.07) is 3.21. The van der Waals surface area contributed by atoms with E-state index in [0.717, 1.165) is 4.90 Å². The van der Waals surface area contributed by atoms with Gasteiger partial charge in [0.25, 0.3) is 5.78 Å². The zero-order chi connectivity index (χ0) is 14.4. The van der Waals surface area contributed by atoms with Crippen molar-refractivity contribution in [2.75, 3.05) is 27.1 Å². The summed E-state index contributed by atoms with van der Waals surface area (Å²) in [5.41, 5.74) is 0.143. The van der Waals surface area contributed by atoms with E-state index in [1.54, 1.807) is 13.0 Å². The van der Waals surface area contributed by atoms with Gasteiger partial charge in [0.2, 0.25) is 0 Å². The first kappa shape index (κ1) is 15.4. The Morgan fingerprint density at radius 2 is 1.89 bits per heavy atom. The lowest BCUT2D eigenvalue weighted by atomic mass is 10.1. The zero-order valence-corrected chi connectivity index (χ0v) is 12.1. The standard InChI is InChI=1S/C13H16O5S/c1-5-18-13(15)11(14)9-6-8(16-2)7-10(19-4)12(9)17-3/h6-7H,5H2,1-4H3. The number of hydrogen-bond donors (Lipinski definition) is 0. The second-order valence-corrected chi connectivity index (χ2v) is 4.31. The molecule has 104 valence electrons. The number of benzene rings is 1. The number of rotatable bonds is 6. The van der Waals surface area contributed by atoms with E-state index in [4.69, 9.17) is 14.2 Å². The van der Waals surface area contributed by atoms with E-state index in [1.165, 1.54) is 32.0 Å². The Labute approximate surface area is 116 Å². The number of esters is 1. The summed E-state index contributed by atoms with van der Waals surface area (Å²) in [5.74, 6) is -0.807. The second kappa shape index (κ2) is 7.04. The van der Waals surface area contributed by atoms with E-state index < -0.39 is 11.8 Å². The van der Waals surface area contributed by atoms with E-state index in [9.17, 15) is 9.59 Å². The normalized spacial score (nSPS) is 9.89. The number of methoxy groups -OCH3 is 2. The molecule has 1 aromatic carbocycles. The average Bonchev–Trinajstić information content (AvgIpc) is 2.44. The van der Waals surface area contributed by atoms with Gasteiger partial charge in [-0.15, -0.1) is 11.8 Å². The lowest BCUT2D eigenvalue weighted by Gasteiger charge is -2.13. The summed E-state index contributed by atoms with van der Waals surface area (Å²) in [7, 11) is 2.94. The molecule has 0 spiro atoms. The van der Waals surface area contributed by atoms with Crippen LogP contribution < -0.4 is 9.47 Å². The Kier molecular flexibility index (Phi) is 5.69. The van der Waals surface area contributed by atoms with Gasteiger partial charge in [0.1, 0.15) is 11.5 Å². The number of thioether (sulfide) groups is 1. The Bertz CT molecular complexity index is 484. The molecule has 0 amide bonds. The van der Waals surface area contributed by atoms with Gasteiger partial charge in [0.05, 0.1) is 31.3 Å². The predicted molar refractivity (Wildman–Crippen MR) is 72.3 cm³/mol. The molecule has 0 saturated heterocycles. The number of hydrogen-bond acceptors (Lipinski definition) is 6. The van der Waals surface area contributed by atoms with Crippen LogP contribution in [0, 0.1) is 0 Å². The first-order chi connectivity index (χ1) is 9.08. The molecule has 0 N–H and O–H groups in total. The fraction of sp³-hybridized carbons (Fsp3) is 0.385. The quantitative estimate of drug-likeness (QED) is 0.345. The number of carbonyl (C=O) groups is 2. The molecule has 0 heterocycles. The van der Waals surface area contributed by atoms with Gasteiger partial charge in [0, 0.05) is 0 Å². The monoisotopic (exact) mass is 284 g/mol. The van der Waals surface area contributed by atoms with Crippen LogP contribution in [0.4, 0.5) is 0 Å². The fourth-order valence-corrected chi connectivity index (χ4v) is 2.14. The number of ketones is 1.